The number of amides is 1. The fourth-order valence-corrected chi connectivity index (χ4v) is 5.37. The first-order valence-corrected chi connectivity index (χ1v) is 13.4. The molecule has 0 saturated carbocycles. The van der Waals surface area contributed by atoms with Gasteiger partial charge in [-0.1, -0.05) is 49.5 Å². The molecule has 0 aliphatic carbocycles. The third-order valence-electron chi connectivity index (χ3n) is 6.27. The van der Waals surface area contributed by atoms with Crippen LogP contribution in [0, 0.1) is 18.3 Å². The molecule has 0 radical (unpaired) electrons. The van der Waals surface area contributed by atoms with Gasteiger partial charge in [-0.25, -0.2) is 0 Å². The molecular weight excluding hydrogens is 520 g/mol. The van der Waals surface area contributed by atoms with E-state index in [9.17, 15) is 14.9 Å². The summed E-state index contributed by atoms with van der Waals surface area (Å²) in [4.78, 5) is 28.6. The van der Waals surface area contributed by atoms with Crippen LogP contribution >= 0.6 is 24.0 Å². The molecule has 2 aromatic heterocycles. The summed E-state index contributed by atoms with van der Waals surface area (Å²) in [5.74, 6) is 1.69. The largest absolute Gasteiger partial charge is 0.497 e. The molecule has 8 nitrogen and oxygen atoms in total. The van der Waals surface area contributed by atoms with Gasteiger partial charge in [0.15, 0.2) is 0 Å². The second-order valence-corrected chi connectivity index (χ2v) is 10.4. The van der Waals surface area contributed by atoms with E-state index in [0.717, 1.165) is 24.2 Å². The van der Waals surface area contributed by atoms with Crippen LogP contribution in [-0.2, 0) is 24.4 Å². The maximum absolute atomic E-state index is 13.3. The summed E-state index contributed by atoms with van der Waals surface area (Å²) in [6.45, 7) is 4.88. The normalized spacial score (nSPS) is 14.3. The van der Waals surface area contributed by atoms with Crippen molar-refractivity contribution >= 4 is 46.1 Å². The van der Waals surface area contributed by atoms with Crippen molar-refractivity contribution in [2.24, 2.45) is 0 Å². The number of thiocarbonyl (C=S) groups is 1. The second kappa shape index (κ2) is 12.2. The number of hydrogen-bond donors (Lipinski definition) is 1. The molecule has 0 spiro atoms. The number of hydrogen-bond acceptors (Lipinski definition) is 8. The van der Waals surface area contributed by atoms with Gasteiger partial charge >= 0.3 is 0 Å². The summed E-state index contributed by atoms with van der Waals surface area (Å²) >= 11 is 6.68. The van der Waals surface area contributed by atoms with Crippen LogP contribution in [0.4, 0.5) is 5.82 Å². The molecule has 1 fully saturated rings. The second-order valence-electron chi connectivity index (χ2n) is 8.73. The van der Waals surface area contributed by atoms with Gasteiger partial charge in [0.1, 0.15) is 33.3 Å². The monoisotopic (exact) mass is 548 g/mol. The number of methoxy groups -OCH3 is 1. The molecule has 4 rings (SSSR count). The smallest absolute Gasteiger partial charge is 0.270 e. The lowest BCUT2D eigenvalue weighted by Crippen LogP contribution is -2.28. The highest BCUT2D eigenvalue weighted by atomic mass is 32.2. The lowest BCUT2D eigenvalue weighted by molar-refractivity contribution is -0.122. The van der Waals surface area contributed by atoms with E-state index in [0.29, 0.717) is 45.0 Å². The summed E-state index contributed by atoms with van der Waals surface area (Å²) in [7, 11) is 1.61. The third-order valence-corrected chi connectivity index (χ3v) is 7.65. The number of pyridine rings is 1. The number of nitrogens with zero attached hydrogens (tertiary/aromatic N) is 3. The third kappa shape index (κ3) is 5.69. The number of benzene rings is 1. The molecule has 1 N–H and O–H groups in total. The van der Waals surface area contributed by atoms with Crippen LogP contribution in [0.3, 0.4) is 0 Å². The number of carbonyl (C=O) groups excluding carboxylic acids is 1. The number of nitriles is 1. The molecule has 3 aromatic rings. The Bertz CT molecular complexity index is 1470. The predicted octanol–water partition coefficient (Wildman–Crippen LogP) is 5.44. The first-order valence-electron chi connectivity index (χ1n) is 12.2. The van der Waals surface area contributed by atoms with Gasteiger partial charge in [0.2, 0.25) is 0 Å². The average molecular weight is 549 g/mol. The molecule has 1 amide bonds. The molecule has 1 aromatic carbocycles. The summed E-state index contributed by atoms with van der Waals surface area (Å²) in [6.07, 6.45) is 4.92. The standard InChI is InChI=1S/C28H28N4O4S2/c1-4-5-12-31-25(30-16-19-8-10-20(35-3)11-9-19)22(18(2)23(15-29)26(31)33)14-24-27(34)32(28(37)38-24)17-21-7-6-13-36-21/h6-11,13-14,30H,4-5,12,16-17H2,1-3H3/b24-14+. The Kier molecular flexibility index (Phi) is 8.71. The molecular formula is C28H28N4O4S2. The van der Waals surface area contributed by atoms with Gasteiger partial charge in [0.05, 0.1) is 24.8 Å². The highest BCUT2D eigenvalue weighted by Crippen LogP contribution is 2.36. The van der Waals surface area contributed by atoms with Crippen LogP contribution in [0.15, 0.2) is 56.8 Å². The molecule has 1 aliphatic rings. The highest BCUT2D eigenvalue weighted by Gasteiger charge is 2.33. The van der Waals surface area contributed by atoms with Gasteiger partial charge in [-0.15, -0.1) is 0 Å². The maximum Gasteiger partial charge on any atom is 0.270 e. The van der Waals surface area contributed by atoms with Gasteiger partial charge in [-0.3, -0.25) is 19.1 Å². The van der Waals surface area contributed by atoms with Crippen LogP contribution in [0.1, 0.15) is 47.8 Å². The van der Waals surface area contributed by atoms with E-state index in [1.54, 1.807) is 43.1 Å². The van der Waals surface area contributed by atoms with Crippen molar-refractivity contribution in [1.29, 1.82) is 5.26 Å². The van der Waals surface area contributed by atoms with E-state index in [-0.39, 0.29) is 23.6 Å². The fraction of sp³-hybridized carbons (Fsp3) is 0.286. The van der Waals surface area contributed by atoms with Crippen molar-refractivity contribution in [3.63, 3.8) is 0 Å². The van der Waals surface area contributed by atoms with E-state index < -0.39 is 0 Å². The number of carbonyl (C=O) groups is 1. The zero-order valence-corrected chi connectivity index (χ0v) is 23.1. The number of furan rings is 1. The molecule has 0 unspecified atom stereocenters. The number of anilines is 1. The zero-order chi connectivity index (χ0) is 27.2. The van der Waals surface area contributed by atoms with Gasteiger partial charge in [0.25, 0.3) is 11.5 Å². The van der Waals surface area contributed by atoms with Crippen molar-refractivity contribution in [2.45, 2.75) is 46.3 Å². The summed E-state index contributed by atoms with van der Waals surface area (Å²) < 4.78 is 12.7. The number of thioether (sulfide) groups is 1. The van der Waals surface area contributed by atoms with E-state index in [1.165, 1.54) is 16.7 Å². The minimum Gasteiger partial charge on any atom is -0.497 e. The van der Waals surface area contributed by atoms with Gasteiger partial charge < -0.3 is 14.5 Å². The molecule has 1 aliphatic heterocycles. The Balaban J connectivity index is 1.77. The van der Waals surface area contributed by atoms with Crippen molar-refractivity contribution in [3.8, 4) is 11.8 Å². The topological polar surface area (TPSA) is 100 Å². The van der Waals surface area contributed by atoms with Crippen LogP contribution in [0.5, 0.6) is 5.75 Å². The minimum absolute atomic E-state index is 0.0633. The van der Waals surface area contributed by atoms with Crippen molar-refractivity contribution in [2.75, 3.05) is 12.4 Å². The van der Waals surface area contributed by atoms with E-state index in [2.05, 4.69) is 11.4 Å². The highest BCUT2D eigenvalue weighted by molar-refractivity contribution is 8.26. The summed E-state index contributed by atoms with van der Waals surface area (Å²) in [5.41, 5.74) is 1.83. The van der Waals surface area contributed by atoms with Crippen molar-refractivity contribution in [1.82, 2.24) is 9.47 Å². The number of nitrogens with one attached hydrogen (secondary N) is 1. The first kappa shape index (κ1) is 27.2. The van der Waals surface area contributed by atoms with Gasteiger partial charge in [0, 0.05) is 18.7 Å². The Morgan fingerprint density at radius 3 is 2.63 bits per heavy atom. The fourth-order valence-electron chi connectivity index (χ4n) is 4.14. The molecule has 0 atom stereocenters. The van der Waals surface area contributed by atoms with Crippen LogP contribution < -0.4 is 15.6 Å². The molecule has 196 valence electrons. The summed E-state index contributed by atoms with van der Waals surface area (Å²) in [5, 5.41) is 13.2. The maximum atomic E-state index is 13.3. The molecule has 1 saturated heterocycles. The number of ether oxygens (including phenoxy) is 1. The number of rotatable bonds is 10. The predicted molar refractivity (Wildman–Crippen MR) is 153 cm³/mol. The Morgan fingerprint density at radius 2 is 2.00 bits per heavy atom. The van der Waals surface area contributed by atoms with E-state index in [1.807, 2.05) is 31.2 Å². The SMILES string of the molecule is CCCCn1c(NCc2ccc(OC)cc2)c(/C=C2/SC(=S)N(Cc3ccco3)C2=O)c(C)c(C#N)c1=O. The van der Waals surface area contributed by atoms with E-state index in [4.69, 9.17) is 21.4 Å². The zero-order valence-electron chi connectivity index (χ0n) is 21.4. The average Bonchev–Trinajstić information content (AvgIpc) is 3.53. The number of aromatic nitrogens is 1. The lowest BCUT2D eigenvalue weighted by atomic mass is 10.0. The van der Waals surface area contributed by atoms with Crippen molar-refractivity contribution in [3.05, 3.63) is 85.9 Å². The van der Waals surface area contributed by atoms with Crippen molar-refractivity contribution < 1.29 is 13.9 Å². The lowest BCUT2D eigenvalue weighted by Gasteiger charge is -2.20. The quantitative estimate of drug-likeness (QED) is 0.264. The first-order chi connectivity index (χ1) is 18.4. The molecule has 38 heavy (non-hydrogen) atoms. The molecule has 3 heterocycles. The van der Waals surface area contributed by atoms with Crippen LogP contribution in [0.25, 0.3) is 6.08 Å². The van der Waals surface area contributed by atoms with Gasteiger partial charge in [-0.05, 0) is 54.8 Å². The summed E-state index contributed by atoms with van der Waals surface area (Å²) in [6, 6.07) is 13.2. The minimum atomic E-state index is -0.349. The molecule has 0 bridgehead atoms. The van der Waals surface area contributed by atoms with Crippen LogP contribution in [0.2, 0.25) is 0 Å². The number of unbranched alkanes of at least 4 members (excludes halogenated alkanes) is 1. The Hall–Kier alpha value is -3.81. The Morgan fingerprint density at radius 1 is 1.24 bits per heavy atom. The van der Waals surface area contributed by atoms with Crippen LogP contribution in [-0.4, -0.2) is 26.8 Å². The molecule has 10 heteroatoms. The van der Waals surface area contributed by atoms with E-state index >= 15 is 0 Å². The van der Waals surface area contributed by atoms with Gasteiger partial charge in [-0.2, -0.15) is 5.26 Å². The Labute approximate surface area is 230 Å².